The molecular formula is C29H42O9P2. The van der Waals surface area contributed by atoms with Gasteiger partial charge in [0, 0.05) is 22.7 Å². The van der Waals surface area contributed by atoms with Crippen LogP contribution >= 0.6 is 15.0 Å². The van der Waals surface area contributed by atoms with E-state index < -0.39 is 38.2 Å². The molecule has 2 aromatic rings. The Bertz CT molecular complexity index is 1200. The number of ether oxygens (including phenoxy) is 2. The first-order valence-electron chi connectivity index (χ1n) is 13.6. The summed E-state index contributed by atoms with van der Waals surface area (Å²) >= 11 is 0. The van der Waals surface area contributed by atoms with Crippen molar-refractivity contribution in [2.75, 3.05) is 25.7 Å². The van der Waals surface area contributed by atoms with E-state index in [0.29, 0.717) is 12.0 Å². The highest BCUT2D eigenvalue weighted by Gasteiger charge is 2.40. The molecule has 0 saturated heterocycles. The molecule has 0 heterocycles. The fourth-order valence-corrected chi connectivity index (χ4v) is 9.63. The Morgan fingerprint density at radius 3 is 2.02 bits per heavy atom. The monoisotopic (exact) mass is 596 g/mol. The van der Waals surface area contributed by atoms with Gasteiger partial charge < -0.3 is 23.0 Å². The average molecular weight is 597 g/mol. The summed E-state index contributed by atoms with van der Waals surface area (Å²) < 4.78 is 55.3. The van der Waals surface area contributed by atoms with Crippen molar-refractivity contribution < 1.29 is 41.8 Å². The van der Waals surface area contributed by atoms with Crippen LogP contribution in [0.3, 0.4) is 0 Å². The van der Waals surface area contributed by atoms with Crippen LogP contribution in [0.1, 0.15) is 71.9 Å². The minimum atomic E-state index is -3.77. The lowest BCUT2D eigenvalue weighted by atomic mass is 9.81. The van der Waals surface area contributed by atoms with E-state index in [1.54, 1.807) is 26.8 Å². The molecule has 2 rings (SSSR count). The molecule has 0 fully saturated rings. The zero-order valence-electron chi connectivity index (χ0n) is 24.3. The first-order valence-corrected chi connectivity index (χ1v) is 17.1. The summed E-state index contributed by atoms with van der Waals surface area (Å²) in [5, 5.41) is 0.255. The van der Waals surface area contributed by atoms with Gasteiger partial charge in [-0.2, -0.15) is 0 Å². The van der Waals surface area contributed by atoms with Crippen LogP contribution in [0.25, 0.3) is 0 Å². The van der Waals surface area contributed by atoms with Crippen LogP contribution in [-0.2, 0) is 49.0 Å². The van der Waals surface area contributed by atoms with Gasteiger partial charge in [-0.05, 0) is 51.0 Å². The molecule has 0 aliphatic carbocycles. The summed E-state index contributed by atoms with van der Waals surface area (Å²) in [6, 6.07) is 14.0. The topological polar surface area (TPSA) is 114 Å². The van der Waals surface area contributed by atoms with Crippen LogP contribution in [0.5, 0.6) is 5.75 Å². The Kier molecular flexibility index (Phi) is 13.3. The Hall–Kier alpha value is -2.28. The SMILES string of the molecule is CCCC(=O)Oc1ccc(P(=O)(CP(=O)(OCC)OCC)OCC)cc1C(C)(C)CC(=O)OCc1ccccc1. The second-order valence-electron chi connectivity index (χ2n) is 9.79. The third-order valence-corrected chi connectivity index (χ3v) is 11.9. The molecule has 0 radical (unpaired) electrons. The standard InChI is InChI=1S/C29H42O9P2/c1-7-14-27(30)38-26-18-17-24(39(32,35-8-2)22-40(33,36-9-3)37-10-4)19-25(26)29(5,6)20-28(31)34-21-23-15-12-11-13-16-23/h11-13,15-19H,7-10,14,20-22H2,1-6H3. The summed E-state index contributed by atoms with van der Waals surface area (Å²) in [6.45, 7) is 11.0. The second-order valence-corrected chi connectivity index (χ2v) is 14.8. The predicted molar refractivity (Wildman–Crippen MR) is 155 cm³/mol. The number of esters is 2. The minimum absolute atomic E-state index is 0.0447. The van der Waals surface area contributed by atoms with Crippen molar-refractivity contribution in [1.29, 1.82) is 0 Å². The molecule has 0 bridgehead atoms. The molecule has 0 aliphatic heterocycles. The highest BCUT2D eigenvalue weighted by atomic mass is 31.2. The molecule has 222 valence electrons. The molecule has 1 atom stereocenters. The van der Waals surface area contributed by atoms with Gasteiger partial charge >= 0.3 is 19.5 Å². The minimum Gasteiger partial charge on any atom is -0.461 e. The summed E-state index contributed by atoms with van der Waals surface area (Å²) in [5.41, 5.74) is 0.427. The van der Waals surface area contributed by atoms with Crippen LogP contribution in [0.15, 0.2) is 48.5 Å². The van der Waals surface area contributed by atoms with E-state index in [-0.39, 0.29) is 50.3 Å². The first-order chi connectivity index (χ1) is 18.9. The molecule has 0 spiro atoms. The van der Waals surface area contributed by atoms with Gasteiger partial charge in [0.1, 0.15) is 18.3 Å². The van der Waals surface area contributed by atoms with Gasteiger partial charge in [0.15, 0.2) is 0 Å². The predicted octanol–water partition coefficient (Wildman–Crippen LogP) is 6.97. The van der Waals surface area contributed by atoms with Gasteiger partial charge in [0.2, 0.25) is 7.37 Å². The maximum absolute atomic E-state index is 14.2. The number of rotatable bonds is 17. The van der Waals surface area contributed by atoms with Crippen molar-refractivity contribution in [3.05, 3.63) is 59.7 Å². The van der Waals surface area contributed by atoms with Gasteiger partial charge in [-0.15, -0.1) is 0 Å². The molecule has 0 N–H and O–H groups in total. The third-order valence-electron chi connectivity index (χ3n) is 5.94. The van der Waals surface area contributed by atoms with Crippen LogP contribution in [-0.4, -0.2) is 37.7 Å². The summed E-state index contributed by atoms with van der Waals surface area (Å²) in [5.74, 6) is -1.09. The molecule has 0 aliphatic rings. The van der Waals surface area contributed by atoms with Gasteiger partial charge in [0.25, 0.3) is 0 Å². The van der Waals surface area contributed by atoms with E-state index in [0.717, 1.165) is 5.56 Å². The summed E-state index contributed by atoms with van der Waals surface area (Å²) in [4.78, 5) is 25.3. The highest BCUT2D eigenvalue weighted by Crippen LogP contribution is 2.63. The Balaban J connectivity index is 2.49. The summed E-state index contributed by atoms with van der Waals surface area (Å²) in [6.07, 6.45) is 0.770. The molecule has 2 aromatic carbocycles. The van der Waals surface area contributed by atoms with E-state index in [9.17, 15) is 18.7 Å². The molecular weight excluding hydrogens is 554 g/mol. The molecule has 0 amide bonds. The van der Waals surface area contributed by atoms with Crippen LogP contribution in [0.2, 0.25) is 0 Å². The second kappa shape index (κ2) is 15.6. The number of carbonyl (C=O) groups excluding carboxylic acids is 2. The Morgan fingerprint density at radius 1 is 0.825 bits per heavy atom. The van der Waals surface area contributed by atoms with Crippen molar-refractivity contribution in [3.8, 4) is 5.75 Å². The number of hydrogen-bond donors (Lipinski definition) is 0. The van der Waals surface area contributed by atoms with E-state index >= 15 is 0 Å². The maximum atomic E-state index is 14.2. The molecule has 0 aromatic heterocycles. The first kappa shape index (κ1) is 33.9. The van der Waals surface area contributed by atoms with Gasteiger partial charge in [-0.25, -0.2) is 0 Å². The van der Waals surface area contributed by atoms with Gasteiger partial charge in [-0.3, -0.25) is 18.7 Å². The van der Waals surface area contributed by atoms with Crippen molar-refractivity contribution in [2.24, 2.45) is 0 Å². The van der Waals surface area contributed by atoms with Crippen LogP contribution < -0.4 is 10.0 Å². The van der Waals surface area contributed by atoms with Crippen LogP contribution in [0.4, 0.5) is 0 Å². The van der Waals surface area contributed by atoms with Crippen molar-refractivity contribution in [3.63, 3.8) is 0 Å². The lowest BCUT2D eigenvalue weighted by molar-refractivity contribution is -0.146. The number of carbonyl (C=O) groups is 2. The van der Waals surface area contributed by atoms with E-state index in [2.05, 4.69) is 0 Å². The fraction of sp³-hybridized carbons (Fsp3) is 0.517. The molecule has 40 heavy (non-hydrogen) atoms. The normalized spacial score (nSPS) is 13.4. The molecule has 0 saturated carbocycles. The molecule has 1 unspecified atom stereocenters. The molecule has 9 nitrogen and oxygen atoms in total. The number of hydrogen-bond acceptors (Lipinski definition) is 9. The fourth-order valence-electron chi connectivity index (χ4n) is 4.12. The quantitative estimate of drug-likeness (QED) is 0.109. The van der Waals surface area contributed by atoms with Crippen molar-refractivity contribution >= 4 is 32.2 Å². The highest BCUT2D eigenvalue weighted by molar-refractivity contribution is 7.78. The zero-order chi connectivity index (χ0) is 29.8. The van der Waals surface area contributed by atoms with E-state index in [1.807, 2.05) is 51.1 Å². The van der Waals surface area contributed by atoms with Gasteiger partial charge in [0.05, 0.1) is 26.2 Å². The van der Waals surface area contributed by atoms with Gasteiger partial charge in [-0.1, -0.05) is 51.1 Å². The smallest absolute Gasteiger partial charge is 0.340 e. The van der Waals surface area contributed by atoms with E-state index in [4.69, 9.17) is 23.0 Å². The Labute approximate surface area is 237 Å². The largest absolute Gasteiger partial charge is 0.461 e. The lowest BCUT2D eigenvalue weighted by Crippen LogP contribution is -2.26. The summed E-state index contributed by atoms with van der Waals surface area (Å²) in [7, 11) is -7.52. The van der Waals surface area contributed by atoms with Crippen LogP contribution in [0, 0.1) is 0 Å². The van der Waals surface area contributed by atoms with E-state index in [1.165, 1.54) is 12.1 Å². The number of benzene rings is 2. The maximum Gasteiger partial charge on any atom is 0.340 e. The third kappa shape index (κ3) is 9.97. The van der Waals surface area contributed by atoms with Crippen molar-refractivity contribution in [1.82, 2.24) is 0 Å². The molecule has 11 heteroatoms. The average Bonchev–Trinajstić information content (AvgIpc) is 2.88. The Morgan fingerprint density at radius 2 is 1.45 bits per heavy atom. The van der Waals surface area contributed by atoms with Crippen molar-refractivity contribution in [2.45, 2.75) is 72.8 Å². The lowest BCUT2D eigenvalue weighted by Gasteiger charge is -2.29. The zero-order valence-corrected chi connectivity index (χ0v) is 26.1.